The second-order valence-corrected chi connectivity index (χ2v) is 5.23. The molecular formula is C16H16ClN3. The molecule has 0 spiro atoms. The first-order valence-electron chi connectivity index (χ1n) is 6.69. The van der Waals surface area contributed by atoms with Crippen LogP contribution in [-0.2, 0) is 0 Å². The van der Waals surface area contributed by atoms with Crippen LogP contribution in [-0.4, -0.2) is 9.78 Å². The minimum atomic E-state index is -0.129. The Balaban J connectivity index is 2.29. The largest absolute Gasteiger partial charge is 0.310 e. The van der Waals surface area contributed by atoms with Gasteiger partial charge in [0.1, 0.15) is 5.69 Å². The number of nitrogens with two attached hydrogens (primary N) is 1. The van der Waals surface area contributed by atoms with Crippen LogP contribution in [0, 0.1) is 0 Å². The van der Waals surface area contributed by atoms with Crippen molar-refractivity contribution in [3.05, 3.63) is 53.6 Å². The molecule has 1 atom stereocenters. The average Bonchev–Trinajstić information content (AvgIpc) is 2.86. The van der Waals surface area contributed by atoms with Gasteiger partial charge in [-0.1, -0.05) is 48.9 Å². The van der Waals surface area contributed by atoms with Gasteiger partial charge in [0.25, 0.3) is 0 Å². The van der Waals surface area contributed by atoms with E-state index in [9.17, 15) is 0 Å². The molecule has 3 rings (SSSR count). The second-order valence-electron chi connectivity index (χ2n) is 4.80. The first-order chi connectivity index (χ1) is 9.70. The Bertz CT molecular complexity index is 734. The number of benzene rings is 2. The summed E-state index contributed by atoms with van der Waals surface area (Å²) in [4.78, 5) is 0. The zero-order valence-electron chi connectivity index (χ0n) is 11.3. The second kappa shape index (κ2) is 5.27. The third-order valence-corrected chi connectivity index (χ3v) is 3.68. The molecule has 102 valence electrons. The van der Waals surface area contributed by atoms with Gasteiger partial charge >= 0.3 is 0 Å². The fourth-order valence-corrected chi connectivity index (χ4v) is 2.52. The van der Waals surface area contributed by atoms with Crippen LogP contribution >= 0.6 is 11.6 Å². The van der Waals surface area contributed by atoms with Crippen LogP contribution in [0.2, 0.25) is 5.02 Å². The molecule has 0 radical (unpaired) electrons. The van der Waals surface area contributed by atoms with E-state index >= 15 is 0 Å². The molecule has 2 N–H and O–H groups in total. The van der Waals surface area contributed by atoms with Crippen molar-refractivity contribution in [3.63, 3.8) is 0 Å². The van der Waals surface area contributed by atoms with Crippen molar-refractivity contribution in [2.45, 2.75) is 19.5 Å². The van der Waals surface area contributed by atoms with Gasteiger partial charge in [-0.15, -0.1) is 0 Å². The lowest BCUT2D eigenvalue weighted by Crippen LogP contribution is -2.18. The standard InChI is InChI=1S/C16H16ClN3/c1-2-15(18)20-14-9-8-12(17)10-13(14)16(19-20)11-6-4-3-5-7-11/h3-10,15H,2,18H2,1H3. The summed E-state index contributed by atoms with van der Waals surface area (Å²) in [5.41, 5.74) is 9.17. The summed E-state index contributed by atoms with van der Waals surface area (Å²) in [6.45, 7) is 2.05. The molecule has 3 nitrogen and oxygen atoms in total. The number of hydrogen-bond donors (Lipinski definition) is 1. The first-order valence-corrected chi connectivity index (χ1v) is 7.07. The van der Waals surface area contributed by atoms with E-state index in [1.54, 1.807) is 0 Å². The maximum atomic E-state index is 6.16. The molecule has 1 aromatic heterocycles. The Kier molecular flexibility index (Phi) is 3.47. The molecular weight excluding hydrogens is 270 g/mol. The van der Waals surface area contributed by atoms with Crippen LogP contribution in [0.4, 0.5) is 0 Å². The zero-order valence-corrected chi connectivity index (χ0v) is 12.0. The SMILES string of the molecule is CCC(N)n1nc(-c2ccccc2)c2cc(Cl)ccc21. The molecule has 1 unspecified atom stereocenters. The minimum Gasteiger partial charge on any atom is -0.310 e. The van der Waals surface area contributed by atoms with Crippen molar-refractivity contribution in [2.24, 2.45) is 5.73 Å². The van der Waals surface area contributed by atoms with Gasteiger partial charge in [0.15, 0.2) is 0 Å². The highest BCUT2D eigenvalue weighted by atomic mass is 35.5. The van der Waals surface area contributed by atoms with Crippen molar-refractivity contribution >= 4 is 22.5 Å². The summed E-state index contributed by atoms with van der Waals surface area (Å²) in [5, 5.41) is 6.45. The van der Waals surface area contributed by atoms with E-state index in [4.69, 9.17) is 22.4 Å². The highest BCUT2D eigenvalue weighted by Gasteiger charge is 2.15. The maximum Gasteiger partial charge on any atom is 0.100 e. The molecule has 3 aromatic rings. The van der Waals surface area contributed by atoms with E-state index in [2.05, 4.69) is 6.92 Å². The molecule has 0 saturated heterocycles. The van der Waals surface area contributed by atoms with E-state index in [1.165, 1.54) is 0 Å². The Morgan fingerprint density at radius 3 is 2.65 bits per heavy atom. The molecule has 20 heavy (non-hydrogen) atoms. The lowest BCUT2D eigenvalue weighted by molar-refractivity contribution is 0.472. The summed E-state index contributed by atoms with van der Waals surface area (Å²) in [6, 6.07) is 15.9. The van der Waals surface area contributed by atoms with Gasteiger partial charge in [0.05, 0.1) is 11.7 Å². The first kappa shape index (κ1) is 13.2. The van der Waals surface area contributed by atoms with Crippen molar-refractivity contribution in [1.29, 1.82) is 0 Å². The van der Waals surface area contributed by atoms with Crippen LogP contribution in [0.25, 0.3) is 22.2 Å². The number of nitrogens with zero attached hydrogens (tertiary/aromatic N) is 2. The van der Waals surface area contributed by atoms with Crippen LogP contribution in [0.5, 0.6) is 0 Å². The van der Waals surface area contributed by atoms with Gasteiger partial charge in [0.2, 0.25) is 0 Å². The van der Waals surface area contributed by atoms with Crippen LogP contribution in [0.3, 0.4) is 0 Å². The van der Waals surface area contributed by atoms with Gasteiger partial charge in [-0.05, 0) is 24.6 Å². The number of hydrogen-bond acceptors (Lipinski definition) is 2. The smallest absolute Gasteiger partial charge is 0.100 e. The van der Waals surface area contributed by atoms with E-state index < -0.39 is 0 Å². The molecule has 2 aromatic carbocycles. The predicted molar refractivity (Wildman–Crippen MR) is 83.7 cm³/mol. The molecule has 0 aliphatic heterocycles. The van der Waals surface area contributed by atoms with E-state index in [-0.39, 0.29) is 6.17 Å². The third kappa shape index (κ3) is 2.19. The number of rotatable bonds is 3. The summed E-state index contributed by atoms with van der Waals surface area (Å²) in [7, 11) is 0. The highest BCUT2D eigenvalue weighted by molar-refractivity contribution is 6.31. The van der Waals surface area contributed by atoms with Crippen molar-refractivity contribution in [3.8, 4) is 11.3 Å². The third-order valence-electron chi connectivity index (χ3n) is 3.45. The van der Waals surface area contributed by atoms with Gasteiger partial charge in [-0.2, -0.15) is 5.10 Å². The Morgan fingerprint density at radius 1 is 1.20 bits per heavy atom. The number of aromatic nitrogens is 2. The van der Waals surface area contributed by atoms with Gasteiger partial charge < -0.3 is 5.73 Å². The summed E-state index contributed by atoms with van der Waals surface area (Å²) < 4.78 is 1.88. The molecule has 0 aliphatic rings. The van der Waals surface area contributed by atoms with Crippen molar-refractivity contribution in [2.75, 3.05) is 0 Å². The minimum absolute atomic E-state index is 0.129. The fraction of sp³-hybridized carbons (Fsp3) is 0.188. The summed E-state index contributed by atoms with van der Waals surface area (Å²) in [5.74, 6) is 0. The lowest BCUT2D eigenvalue weighted by Gasteiger charge is -2.10. The molecule has 0 fully saturated rings. The van der Waals surface area contributed by atoms with Crippen LogP contribution in [0.1, 0.15) is 19.5 Å². The molecule has 1 heterocycles. The molecule has 0 bridgehead atoms. The Labute approximate surface area is 123 Å². The maximum absolute atomic E-state index is 6.16. The molecule has 0 amide bonds. The Hall–Kier alpha value is -1.84. The lowest BCUT2D eigenvalue weighted by atomic mass is 10.1. The quantitative estimate of drug-likeness (QED) is 0.783. The molecule has 0 aliphatic carbocycles. The topological polar surface area (TPSA) is 43.8 Å². The van der Waals surface area contributed by atoms with Gasteiger partial charge in [-0.25, -0.2) is 4.68 Å². The van der Waals surface area contributed by atoms with Crippen LogP contribution in [0.15, 0.2) is 48.5 Å². The van der Waals surface area contributed by atoms with Crippen molar-refractivity contribution in [1.82, 2.24) is 9.78 Å². The van der Waals surface area contributed by atoms with E-state index in [0.29, 0.717) is 5.02 Å². The Morgan fingerprint density at radius 2 is 1.95 bits per heavy atom. The van der Waals surface area contributed by atoms with Crippen molar-refractivity contribution < 1.29 is 0 Å². The molecule has 4 heteroatoms. The van der Waals surface area contributed by atoms with Crippen LogP contribution < -0.4 is 5.73 Å². The highest BCUT2D eigenvalue weighted by Crippen LogP contribution is 2.31. The van der Waals surface area contributed by atoms with Gasteiger partial charge in [-0.3, -0.25) is 0 Å². The molecule has 0 saturated carbocycles. The van der Waals surface area contributed by atoms with E-state index in [0.717, 1.165) is 28.6 Å². The number of fused-ring (bicyclic) bond motifs is 1. The predicted octanol–water partition coefficient (Wildman–Crippen LogP) is 4.22. The monoisotopic (exact) mass is 285 g/mol. The fourth-order valence-electron chi connectivity index (χ4n) is 2.35. The summed E-state index contributed by atoms with van der Waals surface area (Å²) in [6.07, 6.45) is 0.698. The zero-order chi connectivity index (χ0) is 14.1. The van der Waals surface area contributed by atoms with E-state index in [1.807, 2.05) is 53.2 Å². The average molecular weight is 286 g/mol. The number of halogens is 1. The van der Waals surface area contributed by atoms with Gasteiger partial charge in [0, 0.05) is 16.0 Å². The summed E-state index contributed by atoms with van der Waals surface area (Å²) >= 11 is 6.13. The normalized spacial score (nSPS) is 12.8.